The molecule has 2 aromatic heterocycles. The highest BCUT2D eigenvalue weighted by Crippen LogP contribution is 2.32. The predicted octanol–water partition coefficient (Wildman–Crippen LogP) is 3.94. The molecule has 3 heterocycles. The zero-order valence-electron chi connectivity index (χ0n) is 15.2. The zero-order valence-corrected chi connectivity index (χ0v) is 15.2. The number of hydrogen-bond acceptors (Lipinski definition) is 6. The fourth-order valence-electron chi connectivity index (χ4n) is 3.62. The Labute approximate surface area is 162 Å². The minimum atomic E-state index is 0.283. The standard InChI is InChI=1S/C22H19N5O/c23-22-24-12-10-20(25-22)27-13-11-19-18(14-27)21(26-28-19)17-8-6-16(7-9-17)15-4-2-1-3-5-15/h1-10,12H,11,13-14H2,(H2,23,24,25). The third kappa shape index (κ3) is 2.99. The summed E-state index contributed by atoms with van der Waals surface area (Å²) in [6.07, 6.45) is 2.47. The highest BCUT2D eigenvalue weighted by Gasteiger charge is 2.25. The maximum atomic E-state index is 5.74. The highest BCUT2D eigenvalue weighted by molar-refractivity contribution is 5.70. The molecule has 0 aliphatic carbocycles. The maximum absolute atomic E-state index is 5.74. The lowest BCUT2D eigenvalue weighted by molar-refractivity contribution is 0.379. The Balaban J connectivity index is 1.45. The predicted molar refractivity (Wildman–Crippen MR) is 109 cm³/mol. The minimum absolute atomic E-state index is 0.283. The van der Waals surface area contributed by atoms with Crippen LogP contribution < -0.4 is 10.6 Å². The Morgan fingerprint density at radius 2 is 1.64 bits per heavy atom. The fourth-order valence-corrected chi connectivity index (χ4v) is 3.62. The number of nitrogen functional groups attached to an aromatic ring is 1. The molecule has 2 aromatic carbocycles. The summed E-state index contributed by atoms with van der Waals surface area (Å²) in [5.74, 6) is 2.05. The molecule has 6 heteroatoms. The van der Waals surface area contributed by atoms with Crippen molar-refractivity contribution in [2.75, 3.05) is 17.2 Å². The average Bonchev–Trinajstić information content (AvgIpc) is 3.18. The van der Waals surface area contributed by atoms with E-state index in [1.54, 1.807) is 6.20 Å². The molecular weight excluding hydrogens is 350 g/mol. The van der Waals surface area contributed by atoms with Crippen LogP contribution in [0.2, 0.25) is 0 Å². The van der Waals surface area contributed by atoms with Crippen LogP contribution in [0, 0.1) is 0 Å². The van der Waals surface area contributed by atoms with Crippen molar-refractivity contribution in [3.8, 4) is 22.4 Å². The largest absolute Gasteiger partial charge is 0.368 e. The van der Waals surface area contributed by atoms with Crippen molar-refractivity contribution in [1.82, 2.24) is 15.1 Å². The van der Waals surface area contributed by atoms with E-state index in [1.807, 2.05) is 24.3 Å². The number of fused-ring (bicyclic) bond motifs is 1. The van der Waals surface area contributed by atoms with Gasteiger partial charge in [0.25, 0.3) is 0 Å². The highest BCUT2D eigenvalue weighted by atomic mass is 16.5. The van der Waals surface area contributed by atoms with Crippen molar-refractivity contribution in [1.29, 1.82) is 0 Å². The molecule has 5 rings (SSSR count). The zero-order chi connectivity index (χ0) is 18.9. The van der Waals surface area contributed by atoms with Crippen LogP contribution >= 0.6 is 0 Å². The molecule has 6 nitrogen and oxygen atoms in total. The van der Waals surface area contributed by atoms with Gasteiger partial charge >= 0.3 is 0 Å². The topological polar surface area (TPSA) is 81.1 Å². The molecule has 0 radical (unpaired) electrons. The Morgan fingerprint density at radius 3 is 2.43 bits per heavy atom. The maximum Gasteiger partial charge on any atom is 0.221 e. The Hall–Kier alpha value is -3.67. The first-order valence-electron chi connectivity index (χ1n) is 9.25. The van der Waals surface area contributed by atoms with Gasteiger partial charge in [0.2, 0.25) is 5.95 Å². The lowest BCUT2D eigenvalue weighted by atomic mass is 9.99. The van der Waals surface area contributed by atoms with E-state index in [1.165, 1.54) is 11.1 Å². The van der Waals surface area contributed by atoms with Gasteiger partial charge in [-0.2, -0.15) is 4.98 Å². The molecule has 0 fully saturated rings. The van der Waals surface area contributed by atoms with E-state index in [2.05, 4.69) is 56.4 Å². The van der Waals surface area contributed by atoms with Crippen LogP contribution in [0.5, 0.6) is 0 Å². The van der Waals surface area contributed by atoms with Crippen LogP contribution in [-0.2, 0) is 13.0 Å². The number of rotatable bonds is 3. The van der Waals surface area contributed by atoms with Gasteiger partial charge in [-0.3, -0.25) is 0 Å². The van der Waals surface area contributed by atoms with Crippen molar-refractivity contribution in [3.63, 3.8) is 0 Å². The molecule has 1 aliphatic rings. The van der Waals surface area contributed by atoms with E-state index in [0.717, 1.165) is 41.4 Å². The number of hydrogen-bond donors (Lipinski definition) is 1. The van der Waals surface area contributed by atoms with Crippen molar-refractivity contribution >= 4 is 11.8 Å². The molecule has 0 spiro atoms. The van der Waals surface area contributed by atoms with E-state index in [9.17, 15) is 0 Å². The molecule has 0 saturated heterocycles. The van der Waals surface area contributed by atoms with Crippen molar-refractivity contribution in [2.24, 2.45) is 0 Å². The van der Waals surface area contributed by atoms with Gasteiger partial charge in [0, 0.05) is 30.3 Å². The summed E-state index contributed by atoms with van der Waals surface area (Å²) in [6.45, 7) is 1.50. The van der Waals surface area contributed by atoms with E-state index in [4.69, 9.17) is 10.3 Å². The number of aromatic nitrogens is 3. The summed E-state index contributed by atoms with van der Waals surface area (Å²) < 4.78 is 5.63. The fraction of sp³-hybridized carbons (Fsp3) is 0.136. The molecule has 0 saturated carbocycles. The van der Waals surface area contributed by atoms with Crippen LogP contribution in [0.25, 0.3) is 22.4 Å². The van der Waals surface area contributed by atoms with Gasteiger partial charge in [-0.05, 0) is 17.2 Å². The molecule has 0 amide bonds. The monoisotopic (exact) mass is 369 g/mol. The Morgan fingerprint density at radius 1 is 0.893 bits per heavy atom. The number of benzene rings is 2. The van der Waals surface area contributed by atoms with Crippen molar-refractivity contribution in [3.05, 3.63) is 78.2 Å². The molecular formula is C22H19N5O. The molecule has 0 atom stereocenters. The van der Waals surface area contributed by atoms with Gasteiger partial charge in [0.15, 0.2) is 0 Å². The second-order valence-electron chi connectivity index (χ2n) is 6.82. The first kappa shape index (κ1) is 16.5. The van der Waals surface area contributed by atoms with Crippen LogP contribution in [0.15, 0.2) is 71.4 Å². The molecule has 0 unspecified atom stereocenters. The van der Waals surface area contributed by atoms with Gasteiger partial charge in [0.05, 0.1) is 6.54 Å². The summed E-state index contributed by atoms with van der Waals surface area (Å²) >= 11 is 0. The molecule has 138 valence electrons. The van der Waals surface area contributed by atoms with Gasteiger partial charge in [-0.1, -0.05) is 59.8 Å². The number of nitrogens with two attached hydrogens (primary N) is 1. The number of nitrogens with zero attached hydrogens (tertiary/aromatic N) is 4. The van der Waals surface area contributed by atoms with Crippen molar-refractivity contribution in [2.45, 2.75) is 13.0 Å². The van der Waals surface area contributed by atoms with Gasteiger partial charge < -0.3 is 15.2 Å². The first-order valence-corrected chi connectivity index (χ1v) is 9.25. The van der Waals surface area contributed by atoms with Crippen LogP contribution in [-0.4, -0.2) is 21.7 Å². The second kappa shape index (κ2) is 6.81. The lowest BCUT2D eigenvalue weighted by Gasteiger charge is -2.27. The Bertz CT molecular complexity index is 1110. The summed E-state index contributed by atoms with van der Waals surface area (Å²) in [7, 11) is 0. The molecule has 0 bridgehead atoms. The smallest absolute Gasteiger partial charge is 0.221 e. The molecule has 28 heavy (non-hydrogen) atoms. The molecule has 1 aliphatic heterocycles. The van der Waals surface area contributed by atoms with E-state index in [-0.39, 0.29) is 5.95 Å². The van der Waals surface area contributed by atoms with Crippen LogP contribution in [0.4, 0.5) is 11.8 Å². The van der Waals surface area contributed by atoms with Gasteiger partial charge in [-0.15, -0.1) is 0 Å². The second-order valence-corrected chi connectivity index (χ2v) is 6.82. The summed E-state index contributed by atoms with van der Waals surface area (Å²) in [5, 5.41) is 4.36. The van der Waals surface area contributed by atoms with Gasteiger partial charge in [-0.25, -0.2) is 4.98 Å². The molecule has 4 aromatic rings. The third-order valence-corrected chi connectivity index (χ3v) is 5.08. The number of anilines is 2. The summed E-state index contributed by atoms with van der Waals surface area (Å²) in [4.78, 5) is 10.5. The summed E-state index contributed by atoms with van der Waals surface area (Å²) in [5.41, 5.74) is 11.2. The van der Waals surface area contributed by atoms with E-state index < -0.39 is 0 Å². The summed E-state index contributed by atoms with van der Waals surface area (Å²) in [6, 6.07) is 20.7. The minimum Gasteiger partial charge on any atom is -0.368 e. The normalized spacial score (nSPS) is 13.4. The van der Waals surface area contributed by atoms with Crippen LogP contribution in [0.3, 0.4) is 0 Å². The van der Waals surface area contributed by atoms with Crippen LogP contribution in [0.1, 0.15) is 11.3 Å². The quantitative estimate of drug-likeness (QED) is 0.589. The average molecular weight is 369 g/mol. The lowest BCUT2D eigenvalue weighted by Crippen LogP contribution is -2.30. The third-order valence-electron chi connectivity index (χ3n) is 5.08. The van der Waals surface area contributed by atoms with Crippen molar-refractivity contribution < 1.29 is 4.52 Å². The Kier molecular flexibility index (Phi) is 4.01. The van der Waals surface area contributed by atoms with Gasteiger partial charge in [0.1, 0.15) is 17.3 Å². The molecule has 2 N–H and O–H groups in total. The van der Waals surface area contributed by atoms with E-state index >= 15 is 0 Å². The SMILES string of the molecule is Nc1nccc(N2CCc3onc(-c4ccc(-c5ccccc5)cc4)c3C2)n1. The van der Waals surface area contributed by atoms with E-state index in [0.29, 0.717) is 6.54 Å². The first-order chi connectivity index (χ1) is 13.8.